The van der Waals surface area contributed by atoms with Crippen LogP contribution in [0.4, 0.5) is 5.69 Å². The van der Waals surface area contributed by atoms with Gasteiger partial charge in [0.2, 0.25) is 5.91 Å². The Morgan fingerprint density at radius 3 is 2.04 bits per heavy atom. The van der Waals surface area contributed by atoms with Crippen LogP contribution in [-0.4, -0.2) is 27.3 Å². The average Bonchev–Trinajstić information content (AvgIpc) is 2.53. The second kappa shape index (κ2) is 7.23. The molecule has 26 heavy (non-hydrogen) atoms. The molecule has 2 N–H and O–H groups in total. The van der Waals surface area contributed by atoms with Crippen molar-refractivity contribution in [2.45, 2.75) is 47.1 Å². The molecule has 6 heteroatoms. The largest absolute Gasteiger partial charge is 0.347 e. The standard InChI is InChI=1S/C20H26N4O2/c1-19(2,3)18(26)23-14-8-10-22-16(12-14)15-11-13(7-9-21-15)17(25)24-20(4,5)6/h7-12H,1-6H3,(H,24,25)(H,22,23,26). The number of carbonyl (C=O) groups excluding carboxylic acids is 2. The van der Waals surface area contributed by atoms with E-state index in [9.17, 15) is 9.59 Å². The molecule has 0 fully saturated rings. The van der Waals surface area contributed by atoms with Gasteiger partial charge in [-0.1, -0.05) is 20.8 Å². The number of aromatic nitrogens is 2. The molecule has 0 aliphatic rings. The molecule has 138 valence electrons. The average molecular weight is 354 g/mol. The molecule has 0 saturated carbocycles. The minimum Gasteiger partial charge on any atom is -0.347 e. The van der Waals surface area contributed by atoms with E-state index in [4.69, 9.17) is 0 Å². The zero-order valence-corrected chi connectivity index (χ0v) is 16.2. The smallest absolute Gasteiger partial charge is 0.251 e. The molecular formula is C20H26N4O2. The second-order valence-corrected chi connectivity index (χ2v) is 8.27. The first-order valence-corrected chi connectivity index (χ1v) is 8.52. The van der Waals surface area contributed by atoms with Crippen molar-refractivity contribution in [3.63, 3.8) is 0 Å². The molecule has 0 radical (unpaired) electrons. The number of hydrogen-bond donors (Lipinski definition) is 2. The molecule has 2 amide bonds. The highest BCUT2D eigenvalue weighted by Gasteiger charge is 2.21. The number of hydrogen-bond acceptors (Lipinski definition) is 4. The Hall–Kier alpha value is -2.76. The summed E-state index contributed by atoms with van der Waals surface area (Å²) in [6.45, 7) is 11.3. The zero-order chi connectivity index (χ0) is 19.5. The molecule has 0 bridgehead atoms. The van der Waals surface area contributed by atoms with Crippen molar-refractivity contribution in [2.75, 3.05) is 5.32 Å². The maximum Gasteiger partial charge on any atom is 0.251 e. The molecule has 2 rings (SSSR count). The molecule has 0 aliphatic carbocycles. The topological polar surface area (TPSA) is 84.0 Å². The van der Waals surface area contributed by atoms with E-state index in [1.807, 2.05) is 41.5 Å². The van der Waals surface area contributed by atoms with E-state index in [0.717, 1.165) is 0 Å². The van der Waals surface area contributed by atoms with Crippen LogP contribution in [0, 0.1) is 5.41 Å². The van der Waals surface area contributed by atoms with Crippen LogP contribution in [0.1, 0.15) is 51.9 Å². The summed E-state index contributed by atoms with van der Waals surface area (Å²) in [6, 6.07) is 6.83. The lowest BCUT2D eigenvalue weighted by Gasteiger charge is -2.20. The van der Waals surface area contributed by atoms with Gasteiger partial charge in [-0.15, -0.1) is 0 Å². The highest BCUT2D eigenvalue weighted by atomic mass is 16.2. The van der Waals surface area contributed by atoms with Gasteiger partial charge in [0.15, 0.2) is 0 Å². The minimum absolute atomic E-state index is 0.0825. The van der Waals surface area contributed by atoms with E-state index in [-0.39, 0.29) is 17.4 Å². The molecule has 2 heterocycles. The number of pyridine rings is 2. The van der Waals surface area contributed by atoms with Gasteiger partial charge in [-0.3, -0.25) is 19.6 Å². The minimum atomic E-state index is -0.493. The SMILES string of the molecule is CC(C)(C)NC(=O)c1ccnc(-c2cc(NC(=O)C(C)(C)C)ccn2)c1. The molecule has 2 aromatic heterocycles. The Balaban J connectivity index is 2.27. The summed E-state index contributed by atoms with van der Waals surface area (Å²) in [5.41, 5.74) is 1.49. The number of nitrogens with one attached hydrogen (secondary N) is 2. The number of rotatable bonds is 3. The van der Waals surface area contributed by atoms with Crippen LogP contribution in [0.3, 0.4) is 0 Å². The summed E-state index contributed by atoms with van der Waals surface area (Å²) in [5.74, 6) is -0.251. The van der Waals surface area contributed by atoms with Crippen LogP contribution in [0.5, 0.6) is 0 Å². The molecular weight excluding hydrogens is 328 g/mol. The lowest BCUT2D eigenvalue weighted by molar-refractivity contribution is -0.123. The van der Waals surface area contributed by atoms with Gasteiger partial charge < -0.3 is 10.6 Å². The van der Waals surface area contributed by atoms with Crippen molar-refractivity contribution in [3.05, 3.63) is 42.2 Å². The van der Waals surface area contributed by atoms with Crippen LogP contribution in [0.25, 0.3) is 11.4 Å². The van der Waals surface area contributed by atoms with Gasteiger partial charge in [-0.05, 0) is 45.0 Å². The fourth-order valence-electron chi connectivity index (χ4n) is 2.09. The summed E-state index contributed by atoms with van der Waals surface area (Å²) < 4.78 is 0. The fourth-order valence-corrected chi connectivity index (χ4v) is 2.09. The summed E-state index contributed by atoms with van der Waals surface area (Å²) in [6.07, 6.45) is 3.19. The first-order valence-electron chi connectivity index (χ1n) is 8.52. The molecule has 0 unspecified atom stereocenters. The van der Waals surface area contributed by atoms with Gasteiger partial charge >= 0.3 is 0 Å². The van der Waals surface area contributed by atoms with Gasteiger partial charge in [0, 0.05) is 34.6 Å². The Kier molecular flexibility index (Phi) is 5.44. The van der Waals surface area contributed by atoms with E-state index >= 15 is 0 Å². The van der Waals surface area contributed by atoms with Crippen molar-refractivity contribution in [1.29, 1.82) is 0 Å². The summed E-state index contributed by atoms with van der Waals surface area (Å²) in [7, 11) is 0. The van der Waals surface area contributed by atoms with Gasteiger partial charge in [0.25, 0.3) is 5.91 Å². The third-order valence-corrected chi connectivity index (χ3v) is 3.47. The molecule has 0 atom stereocenters. The fraction of sp³-hybridized carbons (Fsp3) is 0.400. The predicted molar refractivity (Wildman–Crippen MR) is 103 cm³/mol. The van der Waals surface area contributed by atoms with Gasteiger partial charge in [0.1, 0.15) is 0 Å². The van der Waals surface area contributed by atoms with Crippen LogP contribution < -0.4 is 10.6 Å². The maximum absolute atomic E-state index is 12.4. The van der Waals surface area contributed by atoms with Crippen molar-refractivity contribution in [3.8, 4) is 11.4 Å². The maximum atomic E-state index is 12.4. The summed E-state index contributed by atoms with van der Waals surface area (Å²) in [4.78, 5) is 33.1. The summed E-state index contributed by atoms with van der Waals surface area (Å²) in [5, 5.41) is 5.80. The van der Waals surface area contributed by atoms with Gasteiger partial charge in [-0.25, -0.2) is 0 Å². The highest BCUT2D eigenvalue weighted by Crippen LogP contribution is 2.22. The zero-order valence-electron chi connectivity index (χ0n) is 16.2. The Bertz CT molecular complexity index is 817. The lowest BCUT2D eigenvalue weighted by atomic mass is 9.95. The Morgan fingerprint density at radius 1 is 0.885 bits per heavy atom. The first kappa shape index (κ1) is 19.6. The molecule has 0 spiro atoms. The van der Waals surface area contributed by atoms with E-state index in [0.29, 0.717) is 22.6 Å². The molecule has 0 aliphatic heterocycles. The molecule has 0 saturated heterocycles. The normalized spacial score (nSPS) is 11.8. The van der Waals surface area contributed by atoms with E-state index in [2.05, 4.69) is 20.6 Å². The van der Waals surface area contributed by atoms with Crippen LogP contribution in [0.15, 0.2) is 36.7 Å². The second-order valence-electron chi connectivity index (χ2n) is 8.27. The van der Waals surface area contributed by atoms with Crippen LogP contribution >= 0.6 is 0 Å². The lowest BCUT2D eigenvalue weighted by Crippen LogP contribution is -2.40. The predicted octanol–water partition coefficient (Wildman–Crippen LogP) is 3.66. The Labute approximate surface area is 154 Å². The molecule has 0 aromatic carbocycles. The third-order valence-electron chi connectivity index (χ3n) is 3.47. The van der Waals surface area contributed by atoms with E-state index < -0.39 is 5.41 Å². The number of carbonyl (C=O) groups is 2. The Morgan fingerprint density at radius 2 is 1.46 bits per heavy atom. The third kappa shape index (κ3) is 5.37. The van der Waals surface area contributed by atoms with E-state index in [1.165, 1.54) is 0 Å². The van der Waals surface area contributed by atoms with Crippen molar-refractivity contribution >= 4 is 17.5 Å². The van der Waals surface area contributed by atoms with Gasteiger partial charge in [-0.2, -0.15) is 0 Å². The van der Waals surface area contributed by atoms with Crippen molar-refractivity contribution in [2.24, 2.45) is 5.41 Å². The number of anilines is 1. The molecule has 6 nitrogen and oxygen atoms in total. The number of nitrogens with zero attached hydrogens (tertiary/aromatic N) is 2. The van der Waals surface area contributed by atoms with Crippen molar-refractivity contribution in [1.82, 2.24) is 15.3 Å². The summed E-state index contributed by atoms with van der Waals surface area (Å²) >= 11 is 0. The molecule has 2 aromatic rings. The van der Waals surface area contributed by atoms with Crippen LogP contribution in [-0.2, 0) is 4.79 Å². The van der Waals surface area contributed by atoms with Crippen LogP contribution in [0.2, 0.25) is 0 Å². The van der Waals surface area contributed by atoms with Crippen molar-refractivity contribution < 1.29 is 9.59 Å². The first-order chi connectivity index (χ1) is 12.0. The van der Waals surface area contributed by atoms with E-state index in [1.54, 1.807) is 36.7 Å². The number of amides is 2. The highest BCUT2D eigenvalue weighted by molar-refractivity contribution is 5.96. The quantitative estimate of drug-likeness (QED) is 0.881. The monoisotopic (exact) mass is 354 g/mol. The van der Waals surface area contributed by atoms with Gasteiger partial charge in [0.05, 0.1) is 11.4 Å².